The second-order valence-electron chi connectivity index (χ2n) is 2.55. The molecule has 13 heavy (non-hydrogen) atoms. The molecule has 2 nitrogen and oxygen atoms in total. The zero-order valence-electron chi connectivity index (χ0n) is 7.42. The predicted octanol–water partition coefficient (Wildman–Crippen LogP) is 2.36. The number of nitrogens with two attached hydrogens (primary N) is 1. The molecule has 0 fully saturated rings. The van der Waals surface area contributed by atoms with Crippen molar-refractivity contribution in [1.82, 2.24) is 0 Å². The summed E-state index contributed by atoms with van der Waals surface area (Å²) in [6.07, 6.45) is 0. The number of hydrogen-bond acceptors (Lipinski definition) is 2. The Kier molecular flexibility index (Phi) is 6.45. The van der Waals surface area contributed by atoms with E-state index in [0.29, 0.717) is 13.2 Å². The summed E-state index contributed by atoms with van der Waals surface area (Å²) in [6.45, 7) is 3.21. The van der Waals surface area contributed by atoms with Crippen LogP contribution in [0.2, 0.25) is 0 Å². The van der Waals surface area contributed by atoms with Gasteiger partial charge in [-0.15, -0.1) is 12.4 Å². The monoisotopic (exact) mass is 313 g/mol. The average Bonchev–Trinajstić information content (AvgIpc) is 2.07. The third-order valence-electron chi connectivity index (χ3n) is 1.52. The Hall–Kier alpha value is -0.0000000000000000555. The Morgan fingerprint density at radius 3 is 2.69 bits per heavy atom. The van der Waals surface area contributed by atoms with Crippen molar-refractivity contribution < 1.29 is 4.74 Å². The summed E-state index contributed by atoms with van der Waals surface area (Å²) in [5, 5.41) is 0. The van der Waals surface area contributed by atoms with Gasteiger partial charge in [0.2, 0.25) is 0 Å². The standard InChI is InChI=1S/C9H12INO.ClH/c1-7-6-8(12-5-4-11)2-3-9(7)10;/h2-3,6H,4-5,11H2,1H3;1H. The summed E-state index contributed by atoms with van der Waals surface area (Å²) in [4.78, 5) is 0. The molecule has 0 amide bonds. The zero-order valence-corrected chi connectivity index (χ0v) is 10.4. The van der Waals surface area contributed by atoms with Crippen LogP contribution in [0.15, 0.2) is 18.2 Å². The quantitative estimate of drug-likeness (QED) is 0.870. The first kappa shape index (κ1) is 13.0. The van der Waals surface area contributed by atoms with Crippen LogP contribution in [0.3, 0.4) is 0 Å². The topological polar surface area (TPSA) is 35.2 Å². The van der Waals surface area contributed by atoms with Crippen LogP contribution in [0.1, 0.15) is 5.56 Å². The first-order valence-electron chi connectivity index (χ1n) is 3.83. The summed E-state index contributed by atoms with van der Waals surface area (Å²) in [6, 6.07) is 6.03. The van der Waals surface area contributed by atoms with E-state index in [1.807, 2.05) is 18.2 Å². The number of aryl methyl sites for hydroxylation is 1. The van der Waals surface area contributed by atoms with Gasteiger partial charge in [-0.2, -0.15) is 0 Å². The normalized spacial score (nSPS) is 9.15. The van der Waals surface area contributed by atoms with Gasteiger partial charge in [-0.1, -0.05) is 0 Å². The molecule has 1 aromatic carbocycles. The Balaban J connectivity index is 0.00000144. The van der Waals surface area contributed by atoms with Crippen LogP contribution in [0, 0.1) is 10.5 Å². The molecule has 0 aliphatic heterocycles. The van der Waals surface area contributed by atoms with Gasteiger partial charge in [-0.05, 0) is 53.3 Å². The van der Waals surface area contributed by atoms with Crippen molar-refractivity contribution in [2.75, 3.05) is 13.2 Å². The van der Waals surface area contributed by atoms with Crippen LogP contribution in [-0.2, 0) is 0 Å². The summed E-state index contributed by atoms with van der Waals surface area (Å²) in [7, 11) is 0. The smallest absolute Gasteiger partial charge is 0.119 e. The van der Waals surface area contributed by atoms with Gasteiger partial charge in [0, 0.05) is 10.1 Å². The fourth-order valence-electron chi connectivity index (χ4n) is 0.884. The molecule has 2 N–H and O–H groups in total. The van der Waals surface area contributed by atoms with Crippen LogP contribution in [0.25, 0.3) is 0 Å². The minimum Gasteiger partial charge on any atom is -0.492 e. The van der Waals surface area contributed by atoms with Crippen molar-refractivity contribution in [2.24, 2.45) is 5.73 Å². The lowest BCUT2D eigenvalue weighted by Gasteiger charge is -2.05. The van der Waals surface area contributed by atoms with Crippen LogP contribution >= 0.6 is 35.0 Å². The number of halogens is 2. The highest BCUT2D eigenvalue weighted by molar-refractivity contribution is 14.1. The molecule has 1 aromatic rings. The van der Waals surface area contributed by atoms with Gasteiger partial charge >= 0.3 is 0 Å². The number of benzene rings is 1. The molecular formula is C9H13ClINO. The lowest BCUT2D eigenvalue weighted by atomic mass is 10.2. The Bertz CT molecular complexity index is 268. The first-order valence-corrected chi connectivity index (χ1v) is 4.91. The van der Waals surface area contributed by atoms with Gasteiger partial charge in [-0.3, -0.25) is 0 Å². The van der Waals surface area contributed by atoms with E-state index in [9.17, 15) is 0 Å². The molecule has 0 saturated carbocycles. The molecule has 0 saturated heterocycles. The van der Waals surface area contributed by atoms with Crippen molar-refractivity contribution in [3.8, 4) is 5.75 Å². The van der Waals surface area contributed by atoms with E-state index in [-0.39, 0.29) is 12.4 Å². The Morgan fingerprint density at radius 1 is 1.46 bits per heavy atom. The Labute approximate surface area is 98.4 Å². The summed E-state index contributed by atoms with van der Waals surface area (Å²) in [5.74, 6) is 0.901. The highest BCUT2D eigenvalue weighted by atomic mass is 127. The number of hydrogen-bond donors (Lipinski definition) is 1. The second kappa shape index (κ2) is 6.45. The molecule has 0 unspecified atom stereocenters. The Morgan fingerprint density at radius 2 is 2.15 bits per heavy atom. The van der Waals surface area contributed by atoms with E-state index < -0.39 is 0 Å². The predicted molar refractivity (Wildman–Crippen MR) is 65.7 cm³/mol. The second-order valence-corrected chi connectivity index (χ2v) is 3.71. The molecule has 0 aliphatic carbocycles. The van der Waals surface area contributed by atoms with Crippen molar-refractivity contribution in [1.29, 1.82) is 0 Å². The van der Waals surface area contributed by atoms with Crippen molar-refractivity contribution >= 4 is 35.0 Å². The fraction of sp³-hybridized carbons (Fsp3) is 0.333. The van der Waals surface area contributed by atoms with Crippen LogP contribution in [-0.4, -0.2) is 13.2 Å². The largest absolute Gasteiger partial charge is 0.492 e. The number of ether oxygens (including phenoxy) is 1. The minimum absolute atomic E-state index is 0. The summed E-state index contributed by atoms with van der Waals surface area (Å²) < 4.78 is 6.62. The molecule has 0 radical (unpaired) electrons. The molecule has 0 bridgehead atoms. The zero-order chi connectivity index (χ0) is 8.97. The van der Waals surface area contributed by atoms with E-state index in [1.165, 1.54) is 9.13 Å². The van der Waals surface area contributed by atoms with Crippen LogP contribution < -0.4 is 10.5 Å². The SMILES string of the molecule is Cc1cc(OCCN)ccc1I.Cl. The van der Waals surface area contributed by atoms with Gasteiger partial charge in [0.25, 0.3) is 0 Å². The van der Waals surface area contributed by atoms with Gasteiger partial charge in [0.15, 0.2) is 0 Å². The number of rotatable bonds is 3. The fourth-order valence-corrected chi connectivity index (χ4v) is 1.22. The van der Waals surface area contributed by atoms with Gasteiger partial charge in [0.1, 0.15) is 12.4 Å². The van der Waals surface area contributed by atoms with E-state index in [2.05, 4.69) is 29.5 Å². The lowest BCUT2D eigenvalue weighted by molar-refractivity contribution is 0.328. The molecule has 4 heteroatoms. The van der Waals surface area contributed by atoms with Crippen molar-refractivity contribution in [3.05, 3.63) is 27.3 Å². The molecule has 0 aliphatic rings. The first-order chi connectivity index (χ1) is 5.74. The van der Waals surface area contributed by atoms with Crippen molar-refractivity contribution in [2.45, 2.75) is 6.92 Å². The molecule has 1 rings (SSSR count). The maximum Gasteiger partial charge on any atom is 0.119 e. The van der Waals surface area contributed by atoms with Crippen LogP contribution in [0.4, 0.5) is 0 Å². The average molecular weight is 314 g/mol. The summed E-state index contributed by atoms with van der Waals surface area (Å²) in [5.41, 5.74) is 6.56. The molecule has 0 aromatic heterocycles. The third kappa shape index (κ3) is 4.15. The molecular weight excluding hydrogens is 300 g/mol. The van der Waals surface area contributed by atoms with Crippen molar-refractivity contribution in [3.63, 3.8) is 0 Å². The van der Waals surface area contributed by atoms with Gasteiger partial charge < -0.3 is 10.5 Å². The minimum atomic E-state index is 0. The van der Waals surface area contributed by atoms with Crippen LogP contribution in [0.5, 0.6) is 5.75 Å². The molecule has 0 atom stereocenters. The van der Waals surface area contributed by atoms with Gasteiger partial charge in [-0.25, -0.2) is 0 Å². The summed E-state index contributed by atoms with van der Waals surface area (Å²) >= 11 is 2.30. The molecule has 0 heterocycles. The lowest BCUT2D eigenvalue weighted by Crippen LogP contribution is -2.10. The molecule has 0 spiro atoms. The van der Waals surface area contributed by atoms with E-state index in [4.69, 9.17) is 10.5 Å². The highest BCUT2D eigenvalue weighted by Gasteiger charge is 1.96. The highest BCUT2D eigenvalue weighted by Crippen LogP contribution is 2.18. The van der Waals surface area contributed by atoms with Gasteiger partial charge in [0.05, 0.1) is 0 Å². The van der Waals surface area contributed by atoms with E-state index in [1.54, 1.807) is 0 Å². The maximum atomic E-state index is 5.36. The third-order valence-corrected chi connectivity index (χ3v) is 2.73. The molecule has 74 valence electrons. The van der Waals surface area contributed by atoms with E-state index in [0.717, 1.165) is 5.75 Å². The van der Waals surface area contributed by atoms with E-state index >= 15 is 0 Å². The maximum absolute atomic E-state index is 5.36.